The summed E-state index contributed by atoms with van der Waals surface area (Å²) >= 11 is 0. The zero-order valence-electron chi connectivity index (χ0n) is 8.94. The first kappa shape index (κ1) is 9.65. The van der Waals surface area contributed by atoms with Crippen molar-refractivity contribution < 1.29 is 5.11 Å². The lowest BCUT2D eigenvalue weighted by Gasteiger charge is -2.48. The van der Waals surface area contributed by atoms with E-state index in [-0.39, 0.29) is 0 Å². The Morgan fingerprint density at radius 2 is 2.36 bits per heavy atom. The Morgan fingerprint density at radius 1 is 1.64 bits per heavy atom. The largest absolute Gasteiger partial charge is 0.389 e. The van der Waals surface area contributed by atoms with E-state index in [2.05, 4.69) is 24.2 Å². The van der Waals surface area contributed by atoms with Crippen molar-refractivity contribution in [3.63, 3.8) is 0 Å². The molecule has 1 aromatic rings. The van der Waals surface area contributed by atoms with Crippen molar-refractivity contribution in [3.05, 3.63) is 11.9 Å². The van der Waals surface area contributed by atoms with Crippen LogP contribution in [0.2, 0.25) is 0 Å². The van der Waals surface area contributed by atoms with Crippen molar-refractivity contribution in [1.82, 2.24) is 15.0 Å². The van der Waals surface area contributed by atoms with Crippen LogP contribution in [0, 0.1) is 11.8 Å². The van der Waals surface area contributed by atoms with Gasteiger partial charge < -0.3 is 5.11 Å². The Labute approximate surface area is 83.9 Å². The van der Waals surface area contributed by atoms with E-state index >= 15 is 0 Å². The van der Waals surface area contributed by atoms with Gasteiger partial charge in [-0.25, -0.2) is 0 Å². The molecule has 1 aliphatic rings. The summed E-state index contributed by atoms with van der Waals surface area (Å²) in [4.78, 5) is 0. The fourth-order valence-electron chi connectivity index (χ4n) is 2.31. The van der Waals surface area contributed by atoms with E-state index in [9.17, 15) is 5.11 Å². The Bertz CT molecular complexity index is 336. The fourth-order valence-corrected chi connectivity index (χ4v) is 2.31. The molecule has 1 heterocycles. The molecular weight excluding hydrogens is 178 g/mol. The zero-order valence-corrected chi connectivity index (χ0v) is 8.94. The third-order valence-electron chi connectivity index (χ3n) is 3.51. The quantitative estimate of drug-likeness (QED) is 0.758. The second-order valence-electron chi connectivity index (χ2n) is 4.63. The first-order valence-electron chi connectivity index (χ1n) is 5.09. The standard InChI is InChI=1S/C10H17N3O/c1-7-4-10(14,8(7)2)5-9-6-13(3)12-11-9/h6-8,14H,4-5H2,1-3H3. The summed E-state index contributed by atoms with van der Waals surface area (Å²) in [5.74, 6) is 0.987. The number of hydrogen-bond donors (Lipinski definition) is 1. The van der Waals surface area contributed by atoms with Gasteiger partial charge in [-0.1, -0.05) is 19.1 Å². The molecular formula is C10H17N3O. The number of aromatic nitrogens is 3. The molecule has 0 radical (unpaired) electrons. The summed E-state index contributed by atoms with van der Waals surface area (Å²) in [6, 6.07) is 0. The van der Waals surface area contributed by atoms with Crippen LogP contribution in [0.15, 0.2) is 6.20 Å². The number of nitrogens with zero attached hydrogens (tertiary/aromatic N) is 3. The molecule has 1 aliphatic carbocycles. The monoisotopic (exact) mass is 195 g/mol. The van der Waals surface area contributed by atoms with Crippen molar-refractivity contribution in [1.29, 1.82) is 0 Å². The van der Waals surface area contributed by atoms with Crippen LogP contribution >= 0.6 is 0 Å². The van der Waals surface area contributed by atoms with Gasteiger partial charge in [0.2, 0.25) is 0 Å². The van der Waals surface area contributed by atoms with Crippen molar-refractivity contribution in [2.75, 3.05) is 0 Å². The highest BCUT2D eigenvalue weighted by molar-refractivity contribution is 5.07. The van der Waals surface area contributed by atoms with Gasteiger partial charge in [-0.15, -0.1) is 5.10 Å². The second kappa shape index (κ2) is 3.05. The maximum absolute atomic E-state index is 10.2. The normalized spacial score (nSPS) is 36.9. The van der Waals surface area contributed by atoms with E-state index < -0.39 is 5.60 Å². The van der Waals surface area contributed by atoms with Crippen LogP contribution in [-0.2, 0) is 13.5 Å². The van der Waals surface area contributed by atoms with Gasteiger partial charge in [-0.3, -0.25) is 4.68 Å². The first-order chi connectivity index (χ1) is 6.51. The first-order valence-corrected chi connectivity index (χ1v) is 5.09. The van der Waals surface area contributed by atoms with Crippen LogP contribution < -0.4 is 0 Å². The molecule has 14 heavy (non-hydrogen) atoms. The molecule has 2 rings (SSSR count). The van der Waals surface area contributed by atoms with Crippen molar-refractivity contribution >= 4 is 0 Å². The maximum atomic E-state index is 10.2. The lowest BCUT2D eigenvalue weighted by molar-refractivity contribution is -0.124. The van der Waals surface area contributed by atoms with Gasteiger partial charge >= 0.3 is 0 Å². The van der Waals surface area contributed by atoms with Crippen LogP contribution in [-0.4, -0.2) is 25.7 Å². The van der Waals surface area contributed by atoms with E-state index in [1.807, 2.05) is 13.2 Å². The van der Waals surface area contributed by atoms with E-state index in [0.29, 0.717) is 18.3 Å². The molecule has 1 saturated carbocycles. The van der Waals surface area contributed by atoms with Gasteiger partial charge in [-0.2, -0.15) is 0 Å². The molecule has 78 valence electrons. The van der Waals surface area contributed by atoms with Gasteiger partial charge in [0.25, 0.3) is 0 Å². The average Bonchev–Trinajstić information content (AvgIpc) is 2.50. The average molecular weight is 195 g/mol. The highest BCUT2D eigenvalue weighted by Crippen LogP contribution is 2.45. The van der Waals surface area contributed by atoms with Crippen LogP contribution in [0.25, 0.3) is 0 Å². The van der Waals surface area contributed by atoms with Crippen LogP contribution in [0.1, 0.15) is 26.0 Å². The number of aliphatic hydroxyl groups is 1. The minimum atomic E-state index is -0.546. The number of hydrogen-bond acceptors (Lipinski definition) is 3. The summed E-state index contributed by atoms with van der Waals surface area (Å²) in [5, 5.41) is 18.1. The van der Waals surface area contributed by atoms with E-state index in [1.54, 1.807) is 4.68 Å². The third kappa shape index (κ3) is 1.43. The van der Waals surface area contributed by atoms with Crippen LogP contribution in [0.4, 0.5) is 0 Å². The molecule has 4 heteroatoms. The van der Waals surface area contributed by atoms with Crippen molar-refractivity contribution in [2.45, 2.75) is 32.3 Å². The Morgan fingerprint density at radius 3 is 2.79 bits per heavy atom. The fraction of sp³-hybridized carbons (Fsp3) is 0.800. The minimum Gasteiger partial charge on any atom is -0.389 e. The molecule has 3 unspecified atom stereocenters. The van der Waals surface area contributed by atoms with Crippen molar-refractivity contribution in [3.8, 4) is 0 Å². The highest BCUT2D eigenvalue weighted by atomic mass is 16.3. The highest BCUT2D eigenvalue weighted by Gasteiger charge is 2.47. The molecule has 0 aliphatic heterocycles. The minimum absolute atomic E-state index is 0.365. The molecule has 1 N–H and O–H groups in total. The SMILES string of the molecule is CC1CC(O)(Cc2cn(C)nn2)C1C. The lowest BCUT2D eigenvalue weighted by atomic mass is 9.61. The predicted molar refractivity (Wildman–Crippen MR) is 52.6 cm³/mol. The smallest absolute Gasteiger partial charge is 0.0855 e. The summed E-state index contributed by atoms with van der Waals surface area (Å²) in [5.41, 5.74) is 0.337. The van der Waals surface area contributed by atoms with Gasteiger partial charge in [0.1, 0.15) is 0 Å². The zero-order chi connectivity index (χ0) is 10.3. The Balaban J connectivity index is 2.05. The predicted octanol–water partition coefficient (Wildman–Crippen LogP) is 0.765. The topological polar surface area (TPSA) is 50.9 Å². The summed E-state index contributed by atoms with van der Waals surface area (Å²) < 4.78 is 1.67. The second-order valence-corrected chi connectivity index (χ2v) is 4.63. The molecule has 1 fully saturated rings. The molecule has 3 atom stereocenters. The van der Waals surface area contributed by atoms with Crippen LogP contribution in [0.5, 0.6) is 0 Å². The molecule has 0 saturated heterocycles. The summed E-state index contributed by atoms with van der Waals surface area (Å²) in [6.45, 7) is 4.28. The van der Waals surface area contributed by atoms with Gasteiger partial charge in [0, 0.05) is 19.7 Å². The molecule has 0 aromatic carbocycles. The van der Waals surface area contributed by atoms with Crippen LogP contribution in [0.3, 0.4) is 0 Å². The Hall–Kier alpha value is -0.900. The molecule has 1 aromatic heterocycles. The Kier molecular flexibility index (Phi) is 2.10. The maximum Gasteiger partial charge on any atom is 0.0855 e. The number of aryl methyl sites for hydroxylation is 1. The van der Waals surface area contributed by atoms with E-state index in [1.165, 1.54) is 0 Å². The molecule has 0 bridgehead atoms. The van der Waals surface area contributed by atoms with Gasteiger partial charge in [0.15, 0.2) is 0 Å². The lowest BCUT2D eigenvalue weighted by Crippen LogP contribution is -2.53. The molecule has 0 spiro atoms. The summed E-state index contributed by atoms with van der Waals surface area (Å²) in [7, 11) is 1.84. The summed E-state index contributed by atoms with van der Waals surface area (Å²) in [6.07, 6.45) is 3.38. The molecule has 0 amide bonds. The van der Waals surface area contributed by atoms with Gasteiger partial charge in [0.05, 0.1) is 11.3 Å². The van der Waals surface area contributed by atoms with E-state index in [0.717, 1.165) is 12.1 Å². The van der Waals surface area contributed by atoms with Crippen molar-refractivity contribution in [2.24, 2.45) is 18.9 Å². The number of rotatable bonds is 2. The molecule has 4 nitrogen and oxygen atoms in total. The van der Waals surface area contributed by atoms with E-state index in [4.69, 9.17) is 0 Å². The third-order valence-corrected chi connectivity index (χ3v) is 3.51. The van der Waals surface area contributed by atoms with Gasteiger partial charge in [-0.05, 0) is 18.3 Å².